The van der Waals surface area contributed by atoms with Crippen molar-refractivity contribution in [1.29, 1.82) is 0 Å². The molecule has 0 unspecified atom stereocenters. The Hall–Kier alpha value is -6.24. The van der Waals surface area contributed by atoms with Gasteiger partial charge in [-0.05, 0) is 120 Å². The van der Waals surface area contributed by atoms with Gasteiger partial charge in [0.25, 0.3) is 0 Å². The van der Waals surface area contributed by atoms with Crippen LogP contribution in [-0.2, 0) is 21.7 Å². The summed E-state index contributed by atoms with van der Waals surface area (Å²) in [4.78, 5) is 0. The van der Waals surface area contributed by atoms with Crippen LogP contribution in [-0.4, -0.2) is 11.8 Å². The molecule has 4 nitrogen and oxygen atoms in total. The maximum atomic E-state index is 6.80. The summed E-state index contributed by atoms with van der Waals surface area (Å²) < 4.78 is 18.9. The smallest absolute Gasteiger partial charge is 0.211 e. The van der Waals surface area contributed by atoms with Crippen LogP contribution in [0.2, 0.25) is 0 Å². The molecule has 0 fully saturated rings. The average Bonchev–Trinajstić information content (AvgIpc) is 3.87. The Labute approximate surface area is 387 Å². The molecule has 0 saturated heterocycles. The molecule has 2 aliphatic heterocycles. The van der Waals surface area contributed by atoms with E-state index in [1.807, 2.05) is 35.6 Å². The van der Waals surface area contributed by atoms with E-state index in [9.17, 15) is 0 Å². The molecule has 4 heterocycles. The van der Waals surface area contributed by atoms with Gasteiger partial charge in [0.05, 0.1) is 16.9 Å². The highest BCUT2D eigenvalue weighted by atomic mass is 32.1. The first-order valence-electron chi connectivity index (χ1n) is 23.2. The minimum absolute atomic E-state index is 0.0215. The van der Waals surface area contributed by atoms with Crippen molar-refractivity contribution in [3.05, 3.63) is 149 Å². The molecule has 0 bridgehead atoms. The maximum Gasteiger partial charge on any atom is 0.211 e. The zero-order valence-electron chi connectivity index (χ0n) is 39.4. The molecule has 9 aromatic rings. The van der Waals surface area contributed by atoms with E-state index in [0.717, 1.165) is 30.0 Å². The molecular formula is C59H55BN2O2S. The molecule has 1 aliphatic carbocycles. The molecule has 322 valence electrons. The monoisotopic (exact) mass is 866 g/mol. The van der Waals surface area contributed by atoms with Crippen molar-refractivity contribution in [3.63, 3.8) is 0 Å². The second-order valence-corrected chi connectivity index (χ2v) is 23.4. The van der Waals surface area contributed by atoms with Crippen molar-refractivity contribution in [2.45, 2.75) is 97.8 Å². The normalized spacial score (nSPS) is 14.6. The van der Waals surface area contributed by atoms with Crippen LogP contribution in [0.25, 0.3) is 59.8 Å². The predicted molar refractivity (Wildman–Crippen MR) is 278 cm³/mol. The van der Waals surface area contributed by atoms with E-state index in [1.165, 1.54) is 92.3 Å². The van der Waals surface area contributed by atoms with Crippen molar-refractivity contribution in [3.8, 4) is 50.9 Å². The molecule has 0 radical (unpaired) electrons. The molecule has 2 aromatic heterocycles. The summed E-state index contributed by atoms with van der Waals surface area (Å²) >= 11 is 1.96. The SMILES string of the molecule is CC(C)(C)c1ccc(Nc2cc3c(cc2-c2c4c(c5c6cc(C(C)(C)C)ccc6n6c5c2Bc2sc5cc(C(C)(C)C)ccc5c2-6)C(C)(C)c2ccccc2-4)Oc2ccccc2O3)cc1. The molecular weight excluding hydrogens is 812 g/mol. The lowest BCUT2D eigenvalue weighted by atomic mass is 9.61. The highest BCUT2D eigenvalue weighted by molar-refractivity contribution is 7.29. The van der Waals surface area contributed by atoms with E-state index in [4.69, 9.17) is 9.47 Å². The van der Waals surface area contributed by atoms with Crippen LogP contribution in [0.15, 0.2) is 121 Å². The van der Waals surface area contributed by atoms with Crippen LogP contribution >= 0.6 is 11.3 Å². The Bertz CT molecular complexity index is 3510. The lowest BCUT2D eigenvalue weighted by molar-refractivity contribution is 0.360. The number of thiophene rings is 1. The molecule has 0 spiro atoms. The van der Waals surface area contributed by atoms with Gasteiger partial charge in [-0.3, -0.25) is 0 Å². The topological polar surface area (TPSA) is 35.4 Å². The first-order chi connectivity index (χ1) is 30.9. The summed E-state index contributed by atoms with van der Waals surface area (Å²) in [5.41, 5.74) is 18.7. The Morgan fingerprint density at radius 2 is 1.20 bits per heavy atom. The number of hydrogen-bond acceptors (Lipinski definition) is 4. The molecule has 0 atom stereocenters. The average molecular weight is 867 g/mol. The number of nitrogens with zero attached hydrogens (tertiary/aromatic N) is 1. The summed E-state index contributed by atoms with van der Waals surface area (Å²) in [6.07, 6.45) is 0. The Morgan fingerprint density at radius 1 is 0.585 bits per heavy atom. The second kappa shape index (κ2) is 13.4. The molecule has 12 rings (SSSR count). The minimum Gasteiger partial charge on any atom is -0.449 e. The number of rotatable bonds is 3. The summed E-state index contributed by atoms with van der Waals surface area (Å²) in [6.45, 7) is 25.6. The third-order valence-electron chi connectivity index (χ3n) is 14.5. The fourth-order valence-electron chi connectivity index (χ4n) is 11.0. The van der Waals surface area contributed by atoms with Gasteiger partial charge in [0.2, 0.25) is 7.28 Å². The van der Waals surface area contributed by atoms with Crippen LogP contribution in [0, 0.1) is 0 Å². The highest BCUT2D eigenvalue weighted by Gasteiger charge is 2.44. The van der Waals surface area contributed by atoms with Crippen LogP contribution in [0.4, 0.5) is 11.4 Å². The number of ether oxygens (including phenoxy) is 2. The second-order valence-electron chi connectivity index (χ2n) is 22.3. The van der Waals surface area contributed by atoms with E-state index in [2.05, 4.69) is 183 Å². The zero-order valence-corrected chi connectivity index (χ0v) is 40.2. The van der Waals surface area contributed by atoms with Crippen LogP contribution in [0.1, 0.15) is 104 Å². The molecule has 65 heavy (non-hydrogen) atoms. The van der Waals surface area contributed by atoms with Gasteiger partial charge in [0.15, 0.2) is 23.0 Å². The Balaban J connectivity index is 1.23. The Morgan fingerprint density at radius 3 is 1.89 bits per heavy atom. The quantitative estimate of drug-likeness (QED) is 0.180. The van der Waals surface area contributed by atoms with Crippen molar-refractivity contribution in [1.82, 2.24) is 4.57 Å². The largest absolute Gasteiger partial charge is 0.449 e. The first-order valence-corrected chi connectivity index (χ1v) is 24.0. The van der Waals surface area contributed by atoms with Gasteiger partial charge in [-0.2, -0.15) is 0 Å². The summed E-state index contributed by atoms with van der Waals surface area (Å²) in [7, 11) is 0.806. The number of fused-ring (bicyclic) bond motifs is 13. The molecule has 7 aromatic carbocycles. The number of anilines is 2. The van der Waals surface area contributed by atoms with E-state index in [-0.39, 0.29) is 21.7 Å². The Kier molecular flexibility index (Phi) is 8.32. The fraction of sp³-hybridized carbons (Fsp3) is 0.254. The fourth-order valence-corrected chi connectivity index (χ4v) is 12.3. The van der Waals surface area contributed by atoms with E-state index >= 15 is 0 Å². The lowest BCUT2D eigenvalue weighted by Crippen LogP contribution is -2.36. The maximum absolute atomic E-state index is 6.80. The zero-order chi connectivity index (χ0) is 45.1. The number of aromatic nitrogens is 1. The van der Waals surface area contributed by atoms with Gasteiger partial charge in [-0.1, -0.05) is 143 Å². The number of hydrogen-bond donors (Lipinski definition) is 1. The van der Waals surface area contributed by atoms with E-state index < -0.39 is 0 Å². The van der Waals surface area contributed by atoms with Crippen molar-refractivity contribution in [2.75, 3.05) is 5.32 Å². The van der Waals surface area contributed by atoms with Crippen LogP contribution in [0.3, 0.4) is 0 Å². The first kappa shape index (κ1) is 40.3. The number of para-hydroxylation sites is 2. The lowest BCUT2D eigenvalue weighted by Gasteiger charge is -2.29. The van der Waals surface area contributed by atoms with Gasteiger partial charge in [0, 0.05) is 49.1 Å². The van der Waals surface area contributed by atoms with Crippen LogP contribution in [0.5, 0.6) is 23.0 Å². The highest BCUT2D eigenvalue weighted by Crippen LogP contribution is 2.59. The van der Waals surface area contributed by atoms with E-state index in [1.54, 1.807) is 0 Å². The van der Waals surface area contributed by atoms with Crippen molar-refractivity contribution in [2.24, 2.45) is 0 Å². The van der Waals surface area contributed by atoms with Crippen molar-refractivity contribution < 1.29 is 9.47 Å². The van der Waals surface area contributed by atoms with Crippen LogP contribution < -0.4 is 25.0 Å². The summed E-state index contributed by atoms with van der Waals surface area (Å²) in [5, 5.41) is 7.99. The molecule has 0 amide bonds. The molecule has 3 aliphatic rings. The molecule has 1 N–H and O–H groups in total. The van der Waals surface area contributed by atoms with Gasteiger partial charge in [0.1, 0.15) is 0 Å². The van der Waals surface area contributed by atoms with Gasteiger partial charge in [-0.25, -0.2) is 0 Å². The van der Waals surface area contributed by atoms with Crippen molar-refractivity contribution >= 4 is 72.1 Å². The summed E-state index contributed by atoms with van der Waals surface area (Å²) in [5.74, 6) is 2.84. The number of benzene rings is 7. The third kappa shape index (κ3) is 5.95. The van der Waals surface area contributed by atoms with E-state index in [0.29, 0.717) is 17.2 Å². The standard InChI is InChI=1S/C59H55BN2O2S/c1-56(2,3)32-20-24-35(25-21-32)61-41-31-46-45(63-43-18-14-15-19-44(43)64-46)30-38(41)49-48-36-16-12-13-17-40(36)59(10,11)51(48)50-39-28-33(57(4,5)6)23-27-42(39)62-53-37-26-22-34(58(7,8)9)29-47(37)65-55(53)60-52(49)54(50)62/h12-31,60-61H,1-11H3. The number of nitrogens with one attached hydrogen (secondary N) is 1. The van der Waals surface area contributed by atoms with Gasteiger partial charge < -0.3 is 19.4 Å². The minimum atomic E-state index is -0.294. The third-order valence-corrected chi connectivity index (χ3v) is 15.6. The molecule has 0 saturated carbocycles. The summed E-state index contributed by atoms with van der Waals surface area (Å²) in [6, 6.07) is 45.0. The van der Waals surface area contributed by atoms with Gasteiger partial charge in [-0.15, -0.1) is 11.3 Å². The predicted octanol–water partition coefficient (Wildman–Crippen LogP) is 15.2. The van der Waals surface area contributed by atoms with Gasteiger partial charge >= 0.3 is 0 Å². The molecule has 6 heteroatoms.